The fourth-order valence-electron chi connectivity index (χ4n) is 5.53. The number of nitrogens with two attached hydrogens (primary N) is 1. The van der Waals surface area contributed by atoms with Crippen LogP contribution in [0.3, 0.4) is 0 Å². The Kier molecular flexibility index (Phi) is 5.41. The van der Waals surface area contributed by atoms with Crippen molar-refractivity contribution in [3.05, 3.63) is 17.8 Å². The molecular weight excluding hydrogens is 380 g/mol. The number of carbonyl (C=O) groups is 2. The number of ether oxygens (including phenoxy) is 1. The van der Waals surface area contributed by atoms with Gasteiger partial charge in [0.1, 0.15) is 5.56 Å². The predicted molar refractivity (Wildman–Crippen MR) is 115 cm³/mol. The van der Waals surface area contributed by atoms with E-state index in [0.717, 1.165) is 11.8 Å². The van der Waals surface area contributed by atoms with Gasteiger partial charge in [-0.05, 0) is 69.1 Å². The summed E-state index contributed by atoms with van der Waals surface area (Å²) < 4.78 is 7.50. The minimum absolute atomic E-state index is 0.122. The van der Waals surface area contributed by atoms with E-state index in [1.165, 1.54) is 30.4 Å². The molecule has 1 aromatic rings. The highest BCUT2D eigenvalue weighted by molar-refractivity contribution is 5.96. The first-order valence-corrected chi connectivity index (χ1v) is 11.2. The Labute approximate surface area is 178 Å². The number of aromatic nitrogens is 2. The maximum Gasteiger partial charge on any atom is 0.258 e. The number of primary amides is 1. The Balaban J connectivity index is 1.54. The van der Waals surface area contributed by atoms with E-state index in [1.807, 2.05) is 0 Å². The van der Waals surface area contributed by atoms with E-state index in [9.17, 15) is 9.59 Å². The van der Waals surface area contributed by atoms with Gasteiger partial charge in [-0.25, -0.2) is 4.68 Å². The van der Waals surface area contributed by atoms with E-state index in [1.54, 1.807) is 32.3 Å². The SMILES string of the molecule is CC(C)COc1c(C(=O)NC2C3CC4CC(C3)C2C4)cnn1/C=C/C(C)(C)C(N)=O. The lowest BCUT2D eigenvalue weighted by Gasteiger charge is -2.32. The van der Waals surface area contributed by atoms with Crippen LogP contribution in [-0.4, -0.2) is 34.2 Å². The number of rotatable bonds is 8. The minimum Gasteiger partial charge on any atom is -0.477 e. The fourth-order valence-corrected chi connectivity index (χ4v) is 5.53. The molecule has 0 radical (unpaired) electrons. The van der Waals surface area contributed by atoms with Crippen LogP contribution in [0.1, 0.15) is 63.7 Å². The third-order valence-corrected chi connectivity index (χ3v) is 7.17. The third kappa shape index (κ3) is 3.86. The van der Waals surface area contributed by atoms with Gasteiger partial charge in [-0.15, -0.1) is 0 Å². The second kappa shape index (κ2) is 7.75. The van der Waals surface area contributed by atoms with E-state index >= 15 is 0 Å². The summed E-state index contributed by atoms with van der Waals surface area (Å²) >= 11 is 0. The number of hydrogen-bond acceptors (Lipinski definition) is 4. The molecule has 164 valence electrons. The molecule has 1 aromatic heterocycles. The summed E-state index contributed by atoms with van der Waals surface area (Å²) in [5.74, 6) is 3.06. The van der Waals surface area contributed by atoms with Gasteiger partial charge >= 0.3 is 0 Å². The first-order valence-electron chi connectivity index (χ1n) is 11.2. The quantitative estimate of drug-likeness (QED) is 0.683. The number of carbonyl (C=O) groups excluding carboxylic acids is 2. The molecule has 30 heavy (non-hydrogen) atoms. The van der Waals surface area contributed by atoms with Crippen LogP contribution >= 0.6 is 0 Å². The molecule has 5 rings (SSSR count). The molecule has 0 spiro atoms. The highest BCUT2D eigenvalue weighted by Crippen LogP contribution is 2.58. The Morgan fingerprint density at radius 3 is 2.70 bits per heavy atom. The van der Waals surface area contributed by atoms with Gasteiger partial charge in [-0.1, -0.05) is 19.9 Å². The highest BCUT2D eigenvalue weighted by atomic mass is 16.5. The summed E-state index contributed by atoms with van der Waals surface area (Å²) in [5.41, 5.74) is 5.07. The number of nitrogens with zero attached hydrogens (tertiary/aromatic N) is 2. The number of amides is 2. The molecule has 7 nitrogen and oxygen atoms in total. The average Bonchev–Trinajstić information content (AvgIpc) is 3.28. The van der Waals surface area contributed by atoms with E-state index in [2.05, 4.69) is 24.3 Å². The largest absolute Gasteiger partial charge is 0.477 e. The molecule has 1 heterocycles. The van der Waals surface area contributed by atoms with Crippen molar-refractivity contribution < 1.29 is 14.3 Å². The summed E-state index contributed by atoms with van der Waals surface area (Å²) in [6, 6.07) is 0.270. The van der Waals surface area contributed by atoms with Crippen molar-refractivity contribution >= 4 is 18.0 Å². The Bertz CT molecular complexity index is 853. The zero-order valence-electron chi connectivity index (χ0n) is 18.4. The predicted octanol–water partition coefficient (Wildman–Crippen LogP) is 3.06. The maximum absolute atomic E-state index is 13.2. The second-order valence-corrected chi connectivity index (χ2v) is 10.4. The van der Waals surface area contributed by atoms with E-state index < -0.39 is 11.3 Å². The molecule has 4 aliphatic carbocycles. The van der Waals surface area contributed by atoms with Gasteiger partial charge in [-0.2, -0.15) is 5.10 Å². The molecule has 5 unspecified atom stereocenters. The Hall–Kier alpha value is -2.31. The molecule has 4 fully saturated rings. The molecular formula is C23H34N4O3. The van der Waals surface area contributed by atoms with Gasteiger partial charge in [0.25, 0.3) is 5.91 Å². The number of hydrogen-bond donors (Lipinski definition) is 2. The number of nitrogens with one attached hydrogen (secondary N) is 1. The molecule has 0 aliphatic heterocycles. The molecule has 5 atom stereocenters. The van der Waals surface area contributed by atoms with E-state index in [0.29, 0.717) is 35.8 Å². The minimum atomic E-state index is -0.828. The smallest absolute Gasteiger partial charge is 0.258 e. The first-order chi connectivity index (χ1) is 14.2. The lowest BCUT2D eigenvalue weighted by atomic mass is 9.79. The fraction of sp³-hybridized carbons (Fsp3) is 0.696. The molecule has 7 heteroatoms. The zero-order valence-corrected chi connectivity index (χ0v) is 18.4. The molecule has 4 bridgehead atoms. The van der Waals surface area contributed by atoms with Gasteiger partial charge in [0.2, 0.25) is 11.8 Å². The van der Waals surface area contributed by atoms with Crippen LogP contribution in [0.5, 0.6) is 5.88 Å². The van der Waals surface area contributed by atoms with Gasteiger partial charge in [0.05, 0.1) is 18.2 Å². The summed E-state index contributed by atoms with van der Waals surface area (Å²) in [6.45, 7) is 8.05. The summed E-state index contributed by atoms with van der Waals surface area (Å²) in [7, 11) is 0. The van der Waals surface area contributed by atoms with Gasteiger partial charge in [-0.3, -0.25) is 9.59 Å². The van der Waals surface area contributed by atoms with Crippen LogP contribution in [0.25, 0.3) is 6.20 Å². The van der Waals surface area contributed by atoms with Crippen LogP contribution in [0.15, 0.2) is 12.3 Å². The zero-order chi connectivity index (χ0) is 21.6. The van der Waals surface area contributed by atoms with Gasteiger partial charge in [0, 0.05) is 12.2 Å². The molecule has 4 aliphatic rings. The van der Waals surface area contributed by atoms with Crippen LogP contribution in [0.4, 0.5) is 0 Å². The molecule has 3 N–H and O–H groups in total. The Morgan fingerprint density at radius 2 is 2.03 bits per heavy atom. The van der Waals surface area contributed by atoms with Crippen LogP contribution in [0, 0.1) is 35.0 Å². The molecule has 0 saturated heterocycles. The van der Waals surface area contributed by atoms with Crippen molar-refractivity contribution in [2.24, 2.45) is 40.7 Å². The van der Waals surface area contributed by atoms with Gasteiger partial charge < -0.3 is 15.8 Å². The lowest BCUT2D eigenvalue weighted by Crippen LogP contribution is -2.44. The summed E-state index contributed by atoms with van der Waals surface area (Å²) in [4.78, 5) is 24.8. The highest BCUT2D eigenvalue weighted by Gasteiger charge is 2.54. The van der Waals surface area contributed by atoms with Gasteiger partial charge in [0.15, 0.2) is 0 Å². The standard InChI is InChI=1S/C23H34N4O3/c1-13(2)12-30-21-18(11-25-27(21)6-5-23(3,4)22(24)29)20(28)26-19-16-8-14-7-15(10-16)17(19)9-14/h5-6,11,13-17,19H,7-10,12H2,1-4H3,(H2,24,29)(H,26,28)/b6-5+. The second-order valence-electron chi connectivity index (χ2n) is 10.4. The molecule has 4 saturated carbocycles. The van der Waals surface area contributed by atoms with E-state index in [-0.39, 0.29) is 11.9 Å². The Morgan fingerprint density at radius 1 is 1.30 bits per heavy atom. The average molecular weight is 415 g/mol. The first kappa shape index (κ1) is 20.9. The topological polar surface area (TPSA) is 99.2 Å². The summed E-state index contributed by atoms with van der Waals surface area (Å²) in [6.07, 6.45) is 9.99. The van der Waals surface area contributed by atoms with Crippen LogP contribution in [-0.2, 0) is 4.79 Å². The van der Waals surface area contributed by atoms with Crippen LogP contribution < -0.4 is 15.8 Å². The molecule has 0 aromatic carbocycles. The summed E-state index contributed by atoms with van der Waals surface area (Å²) in [5, 5.41) is 7.66. The monoisotopic (exact) mass is 414 g/mol. The lowest BCUT2D eigenvalue weighted by molar-refractivity contribution is -0.123. The third-order valence-electron chi connectivity index (χ3n) is 7.17. The van der Waals surface area contributed by atoms with Crippen molar-refractivity contribution in [1.29, 1.82) is 0 Å². The van der Waals surface area contributed by atoms with Crippen molar-refractivity contribution in [3.8, 4) is 5.88 Å². The van der Waals surface area contributed by atoms with Crippen molar-refractivity contribution in [2.45, 2.75) is 59.4 Å². The normalized spacial score (nSPS) is 29.8. The van der Waals surface area contributed by atoms with E-state index in [4.69, 9.17) is 10.5 Å². The van der Waals surface area contributed by atoms with Crippen molar-refractivity contribution in [3.63, 3.8) is 0 Å². The maximum atomic E-state index is 13.2. The van der Waals surface area contributed by atoms with Crippen molar-refractivity contribution in [2.75, 3.05) is 6.61 Å². The van der Waals surface area contributed by atoms with Crippen molar-refractivity contribution in [1.82, 2.24) is 15.1 Å². The van der Waals surface area contributed by atoms with Crippen LogP contribution in [0.2, 0.25) is 0 Å². The molecule has 2 amide bonds.